The zero-order chi connectivity index (χ0) is 23.1. The van der Waals surface area contributed by atoms with Crippen molar-refractivity contribution < 1.29 is 19.1 Å². The first kappa shape index (κ1) is 23.5. The summed E-state index contributed by atoms with van der Waals surface area (Å²) in [6, 6.07) is 7.51. The summed E-state index contributed by atoms with van der Waals surface area (Å²) in [6.45, 7) is 8.01. The summed E-state index contributed by atoms with van der Waals surface area (Å²) in [7, 11) is 0. The van der Waals surface area contributed by atoms with E-state index in [2.05, 4.69) is 29.5 Å². The zero-order valence-electron chi connectivity index (χ0n) is 18.6. The first-order chi connectivity index (χ1) is 15.4. The highest BCUT2D eigenvalue weighted by molar-refractivity contribution is 7.13. The highest BCUT2D eigenvalue weighted by atomic mass is 32.1. The van der Waals surface area contributed by atoms with Crippen LogP contribution in [-0.4, -0.2) is 65.6 Å². The number of nitrogens with zero attached hydrogens (tertiary/aromatic N) is 3. The molecular weight excluding hydrogens is 430 g/mol. The molecule has 2 heterocycles. The summed E-state index contributed by atoms with van der Waals surface area (Å²) in [5.41, 5.74) is 2.55. The molecule has 1 fully saturated rings. The molecule has 1 aliphatic rings. The van der Waals surface area contributed by atoms with Gasteiger partial charge in [0.1, 0.15) is 0 Å². The Morgan fingerprint density at radius 2 is 1.72 bits per heavy atom. The third-order valence-electron chi connectivity index (χ3n) is 5.06. The number of ether oxygens (including phenoxy) is 1. The van der Waals surface area contributed by atoms with Gasteiger partial charge in [0.2, 0.25) is 5.91 Å². The molecule has 1 aliphatic heterocycles. The molecule has 1 aromatic carbocycles. The maximum Gasteiger partial charge on any atom is 0.409 e. The fourth-order valence-corrected chi connectivity index (χ4v) is 3.94. The fraction of sp³-hybridized carbons (Fsp3) is 0.455. The number of piperazine rings is 1. The average Bonchev–Trinajstić information content (AvgIpc) is 3.20. The Morgan fingerprint density at radius 3 is 2.34 bits per heavy atom. The molecule has 1 saturated heterocycles. The lowest BCUT2D eigenvalue weighted by Gasteiger charge is -2.33. The van der Waals surface area contributed by atoms with Gasteiger partial charge < -0.3 is 19.9 Å². The summed E-state index contributed by atoms with van der Waals surface area (Å²) in [5.74, 6) is 0.269. The van der Waals surface area contributed by atoms with Gasteiger partial charge in [0.25, 0.3) is 0 Å². The molecule has 0 unspecified atom stereocenters. The topological polar surface area (TPSA) is 104 Å². The number of carbonyl (C=O) groups is 3. The predicted molar refractivity (Wildman–Crippen MR) is 124 cm³/mol. The normalized spacial score (nSPS) is 13.8. The molecule has 172 valence electrons. The molecule has 0 saturated carbocycles. The van der Waals surface area contributed by atoms with E-state index in [-0.39, 0.29) is 24.5 Å². The van der Waals surface area contributed by atoms with Crippen LogP contribution in [0.15, 0.2) is 29.6 Å². The number of rotatable bonds is 6. The summed E-state index contributed by atoms with van der Waals surface area (Å²) in [5, 5.41) is 7.83. The van der Waals surface area contributed by atoms with Gasteiger partial charge in [-0.1, -0.05) is 26.0 Å². The Hall–Kier alpha value is -3.14. The first-order valence-corrected chi connectivity index (χ1v) is 11.6. The van der Waals surface area contributed by atoms with Crippen molar-refractivity contribution in [2.45, 2.75) is 33.1 Å². The summed E-state index contributed by atoms with van der Waals surface area (Å²) >= 11 is 1.27. The number of amides is 4. The molecule has 2 aromatic rings. The monoisotopic (exact) mass is 459 g/mol. The summed E-state index contributed by atoms with van der Waals surface area (Å²) < 4.78 is 4.99. The van der Waals surface area contributed by atoms with Crippen molar-refractivity contribution >= 4 is 40.2 Å². The molecule has 0 atom stereocenters. The van der Waals surface area contributed by atoms with Crippen LogP contribution in [0, 0.1) is 0 Å². The van der Waals surface area contributed by atoms with Crippen LogP contribution in [-0.2, 0) is 16.0 Å². The van der Waals surface area contributed by atoms with Crippen molar-refractivity contribution in [3.63, 3.8) is 0 Å². The number of anilines is 2. The van der Waals surface area contributed by atoms with E-state index >= 15 is 0 Å². The van der Waals surface area contributed by atoms with Gasteiger partial charge in [0.15, 0.2) is 5.13 Å². The van der Waals surface area contributed by atoms with Gasteiger partial charge >= 0.3 is 12.1 Å². The van der Waals surface area contributed by atoms with E-state index in [1.807, 2.05) is 24.3 Å². The molecule has 0 aliphatic carbocycles. The van der Waals surface area contributed by atoms with E-state index in [0.717, 1.165) is 5.69 Å². The molecule has 10 heteroatoms. The van der Waals surface area contributed by atoms with Gasteiger partial charge in [-0.05, 0) is 30.5 Å². The quantitative estimate of drug-likeness (QED) is 0.685. The number of hydrogen-bond acceptors (Lipinski definition) is 6. The van der Waals surface area contributed by atoms with Crippen molar-refractivity contribution in [2.75, 3.05) is 43.4 Å². The van der Waals surface area contributed by atoms with E-state index < -0.39 is 0 Å². The average molecular weight is 460 g/mol. The number of thiazole rings is 1. The van der Waals surface area contributed by atoms with Gasteiger partial charge in [-0.25, -0.2) is 14.6 Å². The zero-order valence-corrected chi connectivity index (χ0v) is 19.4. The maximum atomic E-state index is 12.5. The number of aromatic nitrogens is 1. The van der Waals surface area contributed by atoms with Gasteiger partial charge in [0, 0.05) is 37.2 Å². The molecular formula is C22H29N5O4S. The van der Waals surface area contributed by atoms with E-state index in [0.29, 0.717) is 49.5 Å². The van der Waals surface area contributed by atoms with Crippen LogP contribution < -0.4 is 10.6 Å². The Bertz CT molecular complexity index is 936. The van der Waals surface area contributed by atoms with Crippen LogP contribution in [0.1, 0.15) is 37.9 Å². The van der Waals surface area contributed by atoms with Crippen LogP contribution in [0.3, 0.4) is 0 Å². The second kappa shape index (κ2) is 10.9. The van der Waals surface area contributed by atoms with Crippen LogP contribution in [0.5, 0.6) is 0 Å². The Kier molecular flexibility index (Phi) is 8.04. The summed E-state index contributed by atoms with van der Waals surface area (Å²) in [6.07, 6.45) is -0.234. The van der Waals surface area contributed by atoms with Crippen LogP contribution in [0.2, 0.25) is 0 Å². The molecule has 3 rings (SSSR count). The molecule has 1 aromatic heterocycles. The molecule has 9 nitrogen and oxygen atoms in total. The lowest BCUT2D eigenvalue weighted by atomic mass is 10.0. The smallest absolute Gasteiger partial charge is 0.409 e. The van der Waals surface area contributed by atoms with Gasteiger partial charge in [-0.15, -0.1) is 11.3 Å². The number of urea groups is 1. The Balaban J connectivity index is 1.45. The minimum Gasteiger partial charge on any atom is -0.450 e. The van der Waals surface area contributed by atoms with E-state index in [9.17, 15) is 14.4 Å². The van der Waals surface area contributed by atoms with Crippen LogP contribution in [0.4, 0.5) is 20.4 Å². The van der Waals surface area contributed by atoms with E-state index in [1.165, 1.54) is 16.9 Å². The molecule has 4 amide bonds. The van der Waals surface area contributed by atoms with Crippen LogP contribution in [0.25, 0.3) is 0 Å². The third-order valence-corrected chi connectivity index (χ3v) is 5.87. The van der Waals surface area contributed by atoms with E-state index in [4.69, 9.17) is 4.74 Å². The lowest BCUT2D eigenvalue weighted by Crippen LogP contribution is -2.51. The highest BCUT2D eigenvalue weighted by Gasteiger charge is 2.25. The minimum atomic E-state index is -0.355. The third kappa shape index (κ3) is 6.43. The van der Waals surface area contributed by atoms with Crippen molar-refractivity contribution in [3.8, 4) is 0 Å². The Morgan fingerprint density at radius 1 is 1.06 bits per heavy atom. The SMILES string of the molecule is CCOC(=O)N1CCN(C(=O)Nc2nc(CC(=O)Nc3ccc(C(C)C)cc3)cs2)CC1. The highest BCUT2D eigenvalue weighted by Crippen LogP contribution is 2.19. The molecule has 32 heavy (non-hydrogen) atoms. The summed E-state index contributed by atoms with van der Waals surface area (Å²) in [4.78, 5) is 44.1. The largest absolute Gasteiger partial charge is 0.450 e. The van der Waals surface area contributed by atoms with Crippen molar-refractivity contribution in [1.82, 2.24) is 14.8 Å². The first-order valence-electron chi connectivity index (χ1n) is 10.7. The second-order valence-corrected chi connectivity index (χ2v) is 8.61. The van der Waals surface area contributed by atoms with Crippen molar-refractivity contribution in [2.24, 2.45) is 0 Å². The van der Waals surface area contributed by atoms with E-state index in [1.54, 1.807) is 22.1 Å². The van der Waals surface area contributed by atoms with Crippen molar-refractivity contribution in [3.05, 3.63) is 40.9 Å². The number of carbonyl (C=O) groups excluding carboxylic acids is 3. The lowest BCUT2D eigenvalue weighted by molar-refractivity contribution is -0.115. The standard InChI is InChI=1S/C22H29N5O4S/c1-4-31-22(30)27-11-9-26(10-12-27)21(29)25-20-24-18(14-32-20)13-19(28)23-17-7-5-16(6-8-17)15(2)3/h5-8,14-15H,4,9-13H2,1-3H3,(H,23,28)(H,24,25,29). The molecule has 2 N–H and O–H groups in total. The molecule has 0 radical (unpaired) electrons. The van der Waals surface area contributed by atoms with Gasteiger partial charge in [-0.3, -0.25) is 10.1 Å². The maximum absolute atomic E-state index is 12.5. The second-order valence-electron chi connectivity index (χ2n) is 7.75. The Labute approximate surface area is 191 Å². The fourth-order valence-electron chi connectivity index (χ4n) is 3.24. The van der Waals surface area contributed by atoms with Crippen molar-refractivity contribution in [1.29, 1.82) is 0 Å². The van der Waals surface area contributed by atoms with Gasteiger partial charge in [-0.2, -0.15) is 0 Å². The number of benzene rings is 1. The minimum absolute atomic E-state index is 0.122. The molecule has 0 spiro atoms. The number of nitrogens with one attached hydrogen (secondary N) is 2. The van der Waals surface area contributed by atoms with Gasteiger partial charge in [0.05, 0.1) is 18.7 Å². The number of hydrogen-bond donors (Lipinski definition) is 2. The molecule has 0 bridgehead atoms. The van der Waals surface area contributed by atoms with Crippen LogP contribution >= 0.6 is 11.3 Å². The predicted octanol–water partition coefficient (Wildman–Crippen LogP) is 3.75.